The van der Waals surface area contributed by atoms with Crippen LogP contribution in [0.2, 0.25) is 0 Å². The highest BCUT2D eigenvalue weighted by molar-refractivity contribution is 5.68. The molecule has 0 bridgehead atoms. The fraction of sp³-hybridized carbons (Fsp3) is 0.977. The third kappa shape index (κ3) is 5.44. The van der Waals surface area contributed by atoms with E-state index in [1.54, 1.807) is 12.0 Å². The van der Waals surface area contributed by atoms with Crippen molar-refractivity contribution in [1.82, 2.24) is 14.7 Å². The van der Waals surface area contributed by atoms with Crippen LogP contribution in [0.5, 0.6) is 0 Å². The summed E-state index contributed by atoms with van der Waals surface area (Å²) in [4.78, 5) is 19.9. The largest absolute Gasteiger partial charge is 0.443 e. The van der Waals surface area contributed by atoms with Gasteiger partial charge in [-0.3, -0.25) is 9.80 Å². The average molecular weight is 756 g/mol. The first-order valence-electron chi connectivity index (χ1n) is 22.2. The van der Waals surface area contributed by atoms with Crippen LogP contribution < -0.4 is 0 Å². The molecular formula is C44H73N3O7. The van der Waals surface area contributed by atoms with E-state index in [1.165, 1.54) is 38.5 Å². The van der Waals surface area contributed by atoms with E-state index in [1.807, 2.05) is 0 Å². The number of hydrogen-bond donors (Lipinski definition) is 1. The maximum absolute atomic E-state index is 13.0. The van der Waals surface area contributed by atoms with Crippen LogP contribution in [0.15, 0.2) is 0 Å². The first-order chi connectivity index (χ1) is 25.7. The van der Waals surface area contributed by atoms with Crippen LogP contribution in [0, 0.1) is 56.7 Å². The van der Waals surface area contributed by atoms with Crippen molar-refractivity contribution in [2.75, 3.05) is 66.1 Å². The van der Waals surface area contributed by atoms with Crippen LogP contribution in [0.1, 0.15) is 106 Å². The number of likely N-dealkylation sites (tertiary alicyclic amines) is 2. The number of amides is 1. The molecule has 0 aromatic heterocycles. The van der Waals surface area contributed by atoms with Crippen molar-refractivity contribution in [2.24, 2.45) is 56.7 Å². The Bertz CT molecular complexity index is 1420. The Kier molecular flexibility index (Phi) is 9.64. The Labute approximate surface area is 325 Å². The number of carbonyl (C=O) groups excluding carboxylic acids is 1. The summed E-state index contributed by atoms with van der Waals surface area (Å²) in [6.07, 6.45) is 9.03. The summed E-state index contributed by atoms with van der Waals surface area (Å²) in [6, 6.07) is 0.595. The molecule has 5 saturated carbocycles. The van der Waals surface area contributed by atoms with Gasteiger partial charge in [-0.05, 0) is 109 Å². The third-order valence-corrected chi connectivity index (χ3v) is 18.6. The molecule has 1 amide bonds. The molecule has 9 aliphatic rings. The highest BCUT2D eigenvalue weighted by Crippen LogP contribution is 2.89. The summed E-state index contributed by atoms with van der Waals surface area (Å²) >= 11 is 0. The molecule has 1 N–H and O–H groups in total. The molecule has 10 nitrogen and oxygen atoms in total. The zero-order valence-electron chi connectivity index (χ0n) is 34.9. The Hall–Kier alpha value is -1.01. The van der Waals surface area contributed by atoms with Crippen molar-refractivity contribution in [1.29, 1.82) is 0 Å². The molecule has 4 aliphatic heterocycles. The van der Waals surface area contributed by atoms with E-state index in [9.17, 15) is 9.90 Å². The van der Waals surface area contributed by atoms with E-state index >= 15 is 0 Å². The van der Waals surface area contributed by atoms with E-state index < -0.39 is 6.10 Å². The molecule has 4 heterocycles. The monoisotopic (exact) mass is 756 g/mol. The lowest BCUT2D eigenvalue weighted by Crippen LogP contribution is -2.63. The number of nitrogens with zero attached hydrogens (tertiary/aromatic N) is 3. The number of fused-ring (bicyclic) bond motifs is 4. The summed E-state index contributed by atoms with van der Waals surface area (Å²) < 4.78 is 31.9. The molecular weight excluding hydrogens is 682 g/mol. The molecule has 5 aliphatic carbocycles. The second-order valence-electron chi connectivity index (χ2n) is 21.3. The van der Waals surface area contributed by atoms with Gasteiger partial charge in [-0.1, -0.05) is 48.5 Å². The standard InChI is InChI=1S/C44H73N3O7/c1-27(2)36(54-39(49)46-16-9-17-46)30-22-28(3)35-37(52-30)38(48)42(7)32-11-10-31-40(4,5)33(12-13-43(31)26-44(32,43)15-14-41(35,42)6)53-34-25-47(19-21-51-34)29-23-45(24-29)18-20-50-8/h27-38,48H,9-26H2,1-8H3/t28-,30?,31+,32?,33+,34+,35+,36-,37?,38+,41-,42-,43-,44?/m1/s1. The number of aliphatic hydroxyl groups is 1. The molecule has 0 radical (unpaired) electrons. The van der Waals surface area contributed by atoms with Crippen molar-refractivity contribution >= 4 is 6.09 Å². The van der Waals surface area contributed by atoms with E-state index in [0.29, 0.717) is 40.5 Å². The van der Waals surface area contributed by atoms with E-state index in [0.717, 1.165) is 78.3 Å². The van der Waals surface area contributed by atoms with Crippen molar-refractivity contribution in [3.05, 3.63) is 0 Å². The van der Waals surface area contributed by atoms with Crippen LogP contribution in [-0.2, 0) is 23.7 Å². The summed E-state index contributed by atoms with van der Waals surface area (Å²) in [7, 11) is 1.78. The molecule has 10 heteroatoms. The van der Waals surface area contributed by atoms with E-state index in [4.69, 9.17) is 23.7 Å². The van der Waals surface area contributed by atoms with Crippen LogP contribution in [0.4, 0.5) is 4.79 Å². The molecule has 306 valence electrons. The maximum atomic E-state index is 13.0. The minimum absolute atomic E-state index is 0.0108. The zero-order valence-corrected chi connectivity index (χ0v) is 34.9. The molecule has 0 aromatic carbocycles. The van der Waals surface area contributed by atoms with Gasteiger partial charge in [0.15, 0.2) is 6.29 Å². The SMILES string of the molecule is COCCN1CC(N2CCO[C@@H](O[C@H]3CC[C@]45CC46CC[C@]4(C)[C@@H]7C(OC([C@H](OC(=O)N8CCC8)C(C)C)C[C@H]7C)[C@H](O)[C@@]4(C)C6CC[C@H]5C3(C)C)C2)C1. The molecule has 9 rings (SSSR count). The summed E-state index contributed by atoms with van der Waals surface area (Å²) in [5.41, 5.74) is 0.513. The topological polar surface area (TPSA) is 93.2 Å². The Morgan fingerprint density at radius 2 is 1.70 bits per heavy atom. The quantitative estimate of drug-likeness (QED) is 0.303. The van der Waals surface area contributed by atoms with E-state index in [-0.39, 0.29) is 59.0 Å². The highest BCUT2D eigenvalue weighted by atomic mass is 16.7. The second kappa shape index (κ2) is 13.5. The number of hydrogen-bond acceptors (Lipinski definition) is 9. The Morgan fingerprint density at radius 1 is 0.963 bits per heavy atom. The average Bonchev–Trinajstić information content (AvgIpc) is 3.71. The van der Waals surface area contributed by atoms with Crippen LogP contribution >= 0.6 is 0 Å². The van der Waals surface area contributed by atoms with Gasteiger partial charge in [-0.2, -0.15) is 0 Å². The van der Waals surface area contributed by atoms with Gasteiger partial charge in [0.1, 0.15) is 6.10 Å². The molecule has 9 fully saturated rings. The minimum atomic E-state index is -0.519. The van der Waals surface area contributed by atoms with Crippen molar-refractivity contribution in [3.63, 3.8) is 0 Å². The number of carbonyl (C=O) groups is 1. The van der Waals surface area contributed by atoms with Crippen molar-refractivity contribution in [3.8, 4) is 0 Å². The highest BCUT2D eigenvalue weighted by Gasteiger charge is 2.84. The van der Waals surface area contributed by atoms with Crippen molar-refractivity contribution < 1.29 is 33.6 Å². The molecule has 4 unspecified atom stereocenters. The molecule has 2 spiro atoms. The number of morpholine rings is 1. The zero-order chi connectivity index (χ0) is 38.0. The molecule has 54 heavy (non-hydrogen) atoms. The second-order valence-corrected chi connectivity index (χ2v) is 21.3. The fourth-order valence-electron chi connectivity index (χ4n) is 15.5. The first-order valence-corrected chi connectivity index (χ1v) is 22.2. The van der Waals surface area contributed by atoms with Gasteiger partial charge >= 0.3 is 6.09 Å². The number of methoxy groups -OCH3 is 1. The van der Waals surface area contributed by atoms with Crippen molar-refractivity contribution in [2.45, 2.75) is 149 Å². The summed E-state index contributed by atoms with van der Waals surface area (Å²) in [6.45, 7) is 24.9. The van der Waals surface area contributed by atoms with Gasteiger partial charge in [0.2, 0.25) is 0 Å². The number of aliphatic hydroxyl groups excluding tert-OH is 1. The van der Waals surface area contributed by atoms with Crippen LogP contribution in [0.3, 0.4) is 0 Å². The minimum Gasteiger partial charge on any atom is -0.443 e. The van der Waals surface area contributed by atoms with E-state index in [2.05, 4.69) is 58.3 Å². The van der Waals surface area contributed by atoms with Gasteiger partial charge in [-0.25, -0.2) is 4.79 Å². The van der Waals surface area contributed by atoms with Gasteiger partial charge in [0.25, 0.3) is 0 Å². The van der Waals surface area contributed by atoms with Gasteiger partial charge in [-0.15, -0.1) is 0 Å². The van der Waals surface area contributed by atoms with Crippen LogP contribution in [0.25, 0.3) is 0 Å². The lowest BCUT2D eigenvalue weighted by Gasteiger charge is -2.64. The molecule has 14 atom stereocenters. The Balaban J connectivity index is 0.892. The lowest BCUT2D eigenvalue weighted by molar-refractivity contribution is -0.253. The predicted octanol–water partition coefficient (Wildman–Crippen LogP) is 6.04. The first kappa shape index (κ1) is 38.5. The summed E-state index contributed by atoms with van der Waals surface area (Å²) in [5.74, 6) is 1.96. The number of rotatable bonds is 9. The molecule has 4 saturated heterocycles. The normalized spacial score (nSPS) is 49.1. The smallest absolute Gasteiger partial charge is 0.410 e. The number of ether oxygens (including phenoxy) is 5. The van der Waals surface area contributed by atoms with Gasteiger partial charge in [0.05, 0.1) is 37.6 Å². The fourth-order valence-corrected chi connectivity index (χ4v) is 15.5. The maximum Gasteiger partial charge on any atom is 0.410 e. The Morgan fingerprint density at radius 3 is 2.41 bits per heavy atom. The van der Waals surface area contributed by atoms with Gasteiger partial charge in [0, 0.05) is 64.4 Å². The summed E-state index contributed by atoms with van der Waals surface area (Å²) in [5, 5.41) is 12.8. The lowest BCUT2D eigenvalue weighted by atomic mass is 9.41. The predicted molar refractivity (Wildman–Crippen MR) is 206 cm³/mol. The van der Waals surface area contributed by atoms with Crippen LogP contribution in [-0.4, -0.2) is 135 Å². The van der Waals surface area contributed by atoms with Gasteiger partial charge < -0.3 is 33.7 Å². The molecule has 0 aromatic rings. The third-order valence-electron chi connectivity index (χ3n) is 18.6.